The summed E-state index contributed by atoms with van der Waals surface area (Å²) in [5.74, 6) is -0.520. The maximum Gasteiger partial charge on any atom is 0.416 e. The molecule has 0 aromatic heterocycles. The number of rotatable bonds is 1. The van der Waals surface area contributed by atoms with Crippen LogP contribution in [0.5, 0.6) is 0 Å². The molecular formula is C12H10Cl2F3N3O. The van der Waals surface area contributed by atoms with Crippen molar-refractivity contribution in [3.63, 3.8) is 0 Å². The van der Waals surface area contributed by atoms with Crippen LogP contribution in [0.15, 0.2) is 23.9 Å². The SMILES string of the molecule is CC1NN(c2c(Cl)cc(C(F)(F)F)cc2Cl)C(=O)C1=CN. The van der Waals surface area contributed by atoms with Gasteiger partial charge in [-0.1, -0.05) is 23.2 Å². The van der Waals surface area contributed by atoms with Crippen LogP contribution in [0.2, 0.25) is 10.0 Å². The Morgan fingerprint density at radius 3 is 2.24 bits per heavy atom. The van der Waals surface area contributed by atoms with Gasteiger partial charge in [0, 0.05) is 6.20 Å². The number of hydrazine groups is 1. The first-order valence-electron chi connectivity index (χ1n) is 5.75. The second-order valence-electron chi connectivity index (χ2n) is 4.40. The average Bonchev–Trinajstić information content (AvgIpc) is 2.62. The number of nitrogens with two attached hydrogens (primary N) is 1. The number of alkyl halides is 3. The van der Waals surface area contributed by atoms with E-state index in [1.165, 1.54) is 0 Å². The van der Waals surface area contributed by atoms with E-state index in [0.29, 0.717) is 12.1 Å². The van der Waals surface area contributed by atoms with Crippen molar-refractivity contribution in [2.45, 2.75) is 19.1 Å². The molecule has 1 amide bonds. The van der Waals surface area contributed by atoms with E-state index >= 15 is 0 Å². The molecule has 1 fully saturated rings. The normalized spacial score (nSPS) is 21.4. The van der Waals surface area contributed by atoms with Gasteiger partial charge in [0.25, 0.3) is 5.91 Å². The van der Waals surface area contributed by atoms with Crippen molar-refractivity contribution < 1.29 is 18.0 Å². The van der Waals surface area contributed by atoms with Crippen LogP contribution in [0.1, 0.15) is 12.5 Å². The Kier molecular flexibility index (Phi) is 4.10. The number of benzene rings is 1. The van der Waals surface area contributed by atoms with Crippen LogP contribution in [-0.2, 0) is 11.0 Å². The Morgan fingerprint density at radius 1 is 1.33 bits per heavy atom. The van der Waals surface area contributed by atoms with Gasteiger partial charge in [-0.2, -0.15) is 13.2 Å². The van der Waals surface area contributed by atoms with E-state index in [4.69, 9.17) is 28.9 Å². The number of hydrogen-bond acceptors (Lipinski definition) is 3. The molecule has 1 saturated heterocycles. The largest absolute Gasteiger partial charge is 0.416 e. The molecule has 9 heteroatoms. The van der Waals surface area contributed by atoms with Crippen LogP contribution in [0.4, 0.5) is 18.9 Å². The van der Waals surface area contributed by atoms with Gasteiger partial charge in [0.15, 0.2) is 0 Å². The average molecular weight is 340 g/mol. The van der Waals surface area contributed by atoms with Crippen LogP contribution < -0.4 is 16.2 Å². The Bertz CT molecular complexity index is 608. The molecule has 1 aliphatic heterocycles. The molecule has 2 rings (SSSR count). The predicted molar refractivity (Wildman–Crippen MR) is 73.8 cm³/mol. The smallest absolute Gasteiger partial charge is 0.404 e. The molecule has 0 saturated carbocycles. The fourth-order valence-electron chi connectivity index (χ4n) is 1.96. The van der Waals surface area contributed by atoms with E-state index in [9.17, 15) is 18.0 Å². The first-order valence-corrected chi connectivity index (χ1v) is 6.51. The quantitative estimate of drug-likeness (QED) is 0.773. The Balaban J connectivity index is 2.50. The summed E-state index contributed by atoms with van der Waals surface area (Å²) in [6.45, 7) is 1.67. The van der Waals surface area contributed by atoms with Crippen LogP contribution in [0.25, 0.3) is 0 Å². The van der Waals surface area contributed by atoms with Gasteiger partial charge in [0.1, 0.15) is 0 Å². The number of nitrogens with zero attached hydrogens (tertiary/aromatic N) is 1. The summed E-state index contributed by atoms with van der Waals surface area (Å²) in [7, 11) is 0. The zero-order valence-electron chi connectivity index (χ0n) is 10.6. The van der Waals surface area contributed by atoms with Crippen LogP contribution >= 0.6 is 23.2 Å². The first kappa shape index (κ1) is 15.9. The van der Waals surface area contributed by atoms with E-state index in [-0.39, 0.29) is 21.3 Å². The molecule has 1 unspecified atom stereocenters. The molecule has 0 radical (unpaired) electrons. The van der Waals surface area contributed by atoms with Gasteiger partial charge >= 0.3 is 6.18 Å². The number of nitrogens with one attached hydrogen (secondary N) is 1. The number of carbonyl (C=O) groups is 1. The third-order valence-electron chi connectivity index (χ3n) is 2.99. The van der Waals surface area contributed by atoms with Crippen molar-refractivity contribution in [2.75, 3.05) is 5.01 Å². The monoisotopic (exact) mass is 339 g/mol. The minimum Gasteiger partial charge on any atom is -0.404 e. The molecule has 114 valence electrons. The fourth-order valence-corrected chi connectivity index (χ4v) is 2.62. The summed E-state index contributed by atoms with van der Waals surface area (Å²) in [4.78, 5) is 12.1. The number of amides is 1. The minimum atomic E-state index is -4.58. The number of carbonyl (C=O) groups excluding carboxylic acids is 1. The minimum absolute atomic E-state index is 0.0416. The maximum atomic E-state index is 12.7. The number of anilines is 1. The summed E-state index contributed by atoms with van der Waals surface area (Å²) < 4.78 is 38.0. The van der Waals surface area contributed by atoms with Crippen molar-refractivity contribution in [2.24, 2.45) is 5.73 Å². The molecular weight excluding hydrogens is 330 g/mol. The van der Waals surface area contributed by atoms with Crippen LogP contribution in [-0.4, -0.2) is 11.9 Å². The molecule has 0 aliphatic carbocycles. The molecule has 3 N–H and O–H groups in total. The summed E-state index contributed by atoms with van der Waals surface area (Å²) in [5.41, 5.74) is 7.33. The van der Waals surface area contributed by atoms with Crippen LogP contribution in [0.3, 0.4) is 0 Å². The van der Waals surface area contributed by atoms with Gasteiger partial charge < -0.3 is 5.73 Å². The van der Waals surface area contributed by atoms with Crippen molar-refractivity contribution >= 4 is 34.8 Å². The maximum absolute atomic E-state index is 12.7. The highest BCUT2D eigenvalue weighted by atomic mass is 35.5. The van der Waals surface area contributed by atoms with Gasteiger partial charge in [-0.05, 0) is 19.1 Å². The lowest BCUT2D eigenvalue weighted by Gasteiger charge is -2.20. The van der Waals surface area contributed by atoms with E-state index in [1.807, 2.05) is 0 Å². The first-order chi connectivity index (χ1) is 9.66. The van der Waals surface area contributed by atoms with Crippen LogP contribution in [0, 0.1) is 0 Å². The summed E-state index contributed by atoms with van der Waals surface area (Å²) in [5, 5.41) is 0.413. The molecule has 1 aromatic rings. The second kappa shape index (κ2) is 5.40. The third-order valence-corrected chi connectivity index (χ3v) is 3.56. The molecule has 4 nitrogen and oxygen atoms in total. The van der Waals surface area contributed by atoms with E-state index < -0.39 is 23.7 Å². The Hall–Kier alpha value is -1.44. The number of halogens is 5. The lowest BCUT2D eigenvalue weighted by Crippen LogP contribution is -2.37. The van der Waals surface area contributed by atoms with E-state index in [0.717, 1.165) is 11.2 Å². The Labute approximate surface area is 128 Å². The summed E-state index contributed by atoms with van der Waals surface area (Å²) in [6.07, 6.45) is -3.45. The third kappa shape index (κ3) is 2.81. The zero-order chi connectivity index (χ0) is 15.9. The van der Waals surface area contributed by atoms with Crippen molar-refractivity contribution in [1.82, 2.24) is 5.43 Å². The molecule has 0 spiro atoms. The van der Waals surface area contributed by atoms with Gasteiger partial charge in [-0.3, -0.25) is 4.79 Å². The lowest BCUT2D eigenvalue weighted by atomic mass is 10.1. The zero-order valence-corrected chi connectivity index (χ0v) is 12.1. The van der Waals surface area contributed by atoms with E-state index in [2.05, 4.69) is 5.43 Å². The molecule has 0 bridgehead atoms. The highest BCUT2D eigenvalue weighted by Gasteiger charge is 2.37. The standard InChI is InChI=1S/C12H10Cl2F3N3O/c1-5-7(4-18)11(21)20(19-5)10-8(13)2-6(3-9(10)14)12(15,16)17/h2-5,19H,18H2,1H3. The highest BCUT2D eigenvalue weighted by molar-refractivity contribution is 6.40. The highest BCUT2D eigenvalue weighted by Crippen LogP contribution is 2.41. The van der Waals surface area contributed by atoms with Crippen molar-refractivity contribution in [3.05, 3.63) is 39.5 Å². The molecule has 21 heavy (non-hydrogen) atoms. The molecule has 1 heterocycles. The molecule has 1 aliphatic rings. The summed E-state index contributed by atoms with van der Waals surface area (Å²) >= 11 is 11.7. The van der Waals surface area contributed by atoms with Crippen molar-refractivity contribution in [1.29, 1.82) is 0 Å². The number of hydrogen-bond donors (Lipinski definition) is 2. The predicted octanol–water partition coefficient (Wildman–Crippen LogP) is 3.09. The second-order valence-corrected chi connectivity index (χ2v) is 5.21. The molecule has 1 atom stereocenters. The molecule has 1 aromatic carbocycles. The van der Waals surface area contributed by atoms with Crippen molar-refractivity contribution in [3.8, 4) is 0 Å². The van der Waals surface area contributed by atoms with Gasteiger partial charge in [0.2, 0.25) is 0 Å². The van der Waals surface area contributed by atoms with Gasteiger partial charge in [-0.15, -0.1) is 0 Å². The summed E-state index contributed by atoms with van der Waals surface area (Å²) in [6, 6.07) is 1.02. The Morgan fingerprint density at radius 2 is 1.86 bits per heavy atom. The fraction of sp³-hybridized carbons (Fsp3) is 0.250. The van der Waals surface area contributed by atoms with E-state index in [1.54, 1.807) is 6.92 Å². The topological polar surface area (TPSA) is 58.4 Å². The van der Waals surface area contributed by atoms with Gasteiger partial charge in [0.05, 0.1) is 32.9 Å². The van der Waals surface area contributed by atoms with Gasteiger partial charge in [-0.25, -0.2) is 10.4 Å². The lowest BCUT2D eigenvalue weighted by molar-refractivity contribution is -0.137.